The summed E-state index contributed by atoms with van der Waals surface area (Å²) in [7, 11) is 1.52. The van der Waals surface area contributed by atoms with Crippen molar-refractivity contribution in [3.63, 3.8) is 0 Å². The molecule has 0 fully saturated rings. The molecule has 1 aliphatic heterocycles. The molecule has 3 N–H and O–H groups in total. The van der Waals surface area contributed by atoms with E-state index < -0.39 is 23.8 Å². The molecule has 2 aromatic rings. The quantitative estimate of drug-likeness (QED) is 0.788. The number of urea groups is 1. The van der Waals surface area contributed by atoms with E-state index in [0.717, 1.165) is 0 Å². The Morgan fingerprint density at radius 2 is 1.85 bits per heavy atom. The number of carbonyl (C=O) groups is 2. The summed E-state index contributed by atoms with van der Waals surface area (Å²) in [5.74, 6) is -0.242. The first-order valence-corrected chi connectivity index (χ1v) is 7.97. The van der Waals surface area contributed by atoms with E-state index in [2.05, 4.69) is 16.0 Å². The molecule has 0 radical (unpaired) electrons. The molecule has 26 heavy (non-hydrogen) atoms. The van der Waals surface area contributed by atoms with Crippen LogP contribution in [0.4, 0.5) is 14.9 Å². The van der Waals surface area contributed by atoms with Gasteiger partial charge in [-0.25, -0.2) is 9.18 Å². The Morgan fingerprint density at radius 3 is 2.54 bits per heavy atom. The summed E-state index contributed by atoms with van der Waals surface area (Å²) in [5.41, 5.74) is 1.89. The van der Waals surface area contributed by atoms with Crippen LogP contribution in [0.5, 0.6) is 5.75 Å². The zero-order valence-corrected chi connectivity index (χ0v) is 14.3. The minimum absolute atomic E-state index is 0.346. The lowest BCUT2D eigenvalue weighted by Crippen LogP contribution is -2.46. The standard InChI is InChI=1S/C19H18FN3O3/c1-11-16(18(24)22-13-9-7-12(20)8-10-13)17(23-19(25)21-11)14-5-3-4-6-15(14)26-2/h3-10,17H,1-2H3,(H,22,24)(H2,21,23,25)/t17-/m0/s1. The molecule has 2 aromatic carbocycles. The van der Waals surface area contributed by atoms with Gasteiger partial charge >= 0.3 is 6.03 Å². The van der Waals surface area contributed by atoms with E-state index in [1.165, 1.54) is 31.4 Å². The number of ether oxygens (including phenoxy) is 1. The summed E-state index contributed by atoms with van der Waals surface area (Å²) in [4.78, 5) is 24.8. The van der Waals surface area contributed by atoms with Gasteiger partial charge in [-0.05, 0) is 37.3 Å². The Balaban J connectivity index is 1.97. The van der Waals surface area contributed by atoms with Crippen molar-refractivity contribution in [1.82, 2.24) is 10.6 Å². The average molecular weight is 355 g/mol. The number of hydrogen-bond acceptors (Lipinski definition) is 3. The number of nitrogens with one attached hydrogen (secondary N) is 3. The van der Waals surface area contributed by atoms with Gasteiger partial charge in [-0.1, -0.05) is 18.2 Å². The molecule has 134 valence electrons. The number of benzene rings is 2. The predicted octanol–water partition coefficient (Wildman–Crippen LogP) is 3.10. The fraction of sp³-hybridized carbons (Fsp3) is 0.158. The molecule has 7 heteroatoms. The third kappa shape index (κ3) is 3.51. The lowest BCUT2D eigenvalue weighted by atomic mass is 9.94. The van der Waals surface area contributed by atoms with Gasteiger partial charge in [-0.2, -0.15) is 0 Å². The molecule has 1 heterocycles. The van der Waals surface area contributed by atoms with Crippen LogP contribution in [0.15, 0.2) is 59.8 Å². The molecule has 1 aliphatic rings. The molecule has 0 saturated heterocycles. The maximum absolute atomic E-state index is 13.1. The summed E-state index contributed by atoms with van der Waals surface area (Å²) in [6.07, 6.45) is 0. The molecular weight excluding hydrogens is 337 g/mol. The van der Waals surface area contributed by atoms with Crippen LogP contribution >= 0.6 is 0 Å². The van der Waals surface area contributed by atoms with Crippen molar-refractivity contribution in [1.29, 1.82) is 0 Å². The van der Waals surface area contributed by atoms with Crippen LogP contribution in [-0.2, 0) is 4.79 Å². The number of hydrogen-bond donors (Lipinski definition) is 3. The van der Waals surface area contributed by atoms with Crippen molar-refractivity contribution >= 4 is 17.6 Å². The topological polar surface area (TPSA) is 79.5 Å². The fourth-order valence-corrected chi connectivity index (χ4v) is 2.86. The summed E-state index contributed by atoms with van der Waals surface area (Å²) in [5, 5.41) is 8.09. The predicted molar refractivity (Wildman–Crippen MR) is 95.1 cm³/mol. The minimum atomic E-state index is -0.680. The van der Waals surface area contributed by atoms with E-state index >= 15 is 0 Å². The van der Waals surface area contributed by atoms with Gasteiger partial charge in [0.2, 0.25) is 0 Å². The Hall–Kier alpha value is -3.35. The highest BCUT2D eigenvalue weighted by Gasteiger charge is 2.32. The number of amides is 3. The molecule has 3 amide bonds. The SMILES string of the molecule is COc1ccccc1[C@@H]1NC(=O)NC(C)=C1C(=O)Nc1ccc(F)cc1. The molecule has 0 saturated carbocycles. The van der Waals surface area contributed by atoms with Gasteiger partial charge < -0.3 is 20.7 Å². The smallest absolute Gasteiger partial charge is 0.319 e. The Labute approximate surface area is 150 Å². The van der Waals surface area contributed by atoms with Crippen LogP contribution in [0.25, 0.3) is 0 Å². The van der Waals surface area contributed by atoms with Crippen molar-refractivity contribution in [2.24, 2.45) is 0 Å². The molecule has 3 rings (SSSR count). The minimum Gasteiger partial charge on any atom is -0.496 e. The van der Waals surface area contributed by atoms with Gasteiger partial charge in [0.05, 0.1) is 18.7 Å². The second kappa shape index (κ2) is 7.26. The van der Waals surface area contributed by atoms with E-state index in [1.807, 2.05) is 0 Å². The van der Waals surface area contributed by atoms with E-state index in [0.29, 0.717) is 28.3 Å². The second-order valence-corrected chi connectivity index (χ2v) is 5.77. The highest BCUT2D eigenvalue weighted by Crippen LogP contribution is 2.33. The monoisotopic (exact) mass is 355 g/mol. The number of rotatable bonds is 4. The van der Waals surface area contributed by atoms with Gasteiger partial charge in [-0.3, -0.25) is 4.79 Å². The van der Waals surface area contributed by atoms with Crippen molar-refractivity contribution < 1.29 is 18.7 Å². The first-order valence-electron chi connectivity index (χ1n) is 7.97. The van der Waals surface area contributed by atoms with Crippen LogP contribution in [0, 0.1) is 5.82 Å². The number of methoxy groups -OCH3 is 1. The molecule has 0 aliphatic carbocycles. The number of anilines is 1. The maximum atomic E-state index is 13.1. The van der Waals surface area contributed by atoms with E-state index in [4.69, 9.17) is 4.74 Å². The second-order valence-electron chi connectivity index (χ2n) is 5.77. The normalized spacial score (nSPS) is 16.6. The van der Waals surface area contributed by atoms with Crippen molar-refractivity contribution in [3.8, 4) is 5.75 Å². The summed E-state index contributed by atoms with van der Waals surface area (Å²) < 4.78 is 18.4. The highest BCUT2D eigenvalue weighted by molar-refractivity contribution is 6.06. The van der Waals surface area contributed by atoms with Crippen LogP contribution in [-0.4, -0.2) is 19.0 Å². The summed E-state index contributed by atoms with van der Waals surface area (Å²) >= 11 is 0. The Morgan fingerprint density at radius 1 is 1.15 bits per heavy atom. The lowest BCUT2D eigenvalue weighted by molar-refractivity contribution is -0.113. The highest BCUT2D eigenvalue weighted by atomic mass is 19.1. The van der Waals surface area contributed by atoms with Crippen molar-refractivity contribution in [3.05, 3.63) is 71.2 Å². The molecule has 1 atom stereocenters. The maximum Gasteiger partial charge on any atom is 0.319 e. The van der Waals surface area contributed by atoms with Crippen LogP contribution < -0.4 is 20.7 Å². The molecule has 0 aromatic heterocycles. The van der Waals surface area contributed by atoms with E-state index in [1.54, 1.807) is 31.2 Å². The van der Waals surface area contributed by atoms with E-state index in [9.17, 15) is 14.0 Å². The lowest BCUT2D eigenvalue weighted by Gasteiger charge is -2.29. The number of para-hydroxylation sites is 1. The first-order chi connectivity index (χ1) is 12.5. The van der Waals surface area contributed by atoms with Crippen LogP contribution in [0.1, 0.15) is 18.5 Å². The zero-order chi connectivity index (χ0) is 18.7. The molecule has 0 unspecified atom stereocenters. The fourth-order valence-electron chi connectivity index (χ4n) is 2.86. The number of allylic oxidation sites excluding steroid dienone is 1. The van der Waals surface area contributed by atoms with Crippen LogP contribution in [0.2, 0.25) is 0 Å². The number of carbonyl (C=O) groups excluding carboxylic acids is 2. The Kier molecular flexibility index (Phi) is 4.88. The summed E-state index contributed by atoms with van der Waals surface area (Å²) in [6.45, 7) is 1.65. The molecule has 0 bridgehead atoms. The Bertz CT molecular complexity index is 878. The van der Waals surface area contributed by atoms with Gasteiger partial charge in [-0.15, -0.1) is 0 Å². The third-order valence-electron chi connectivity index (χ3n) is 4.07. The van der Waals surface area contributed by atoms with Gasteiger partial charge in [0.25, 0.3) is 5.91 Å². The van der Waals surface area contributed by atoms with Crippen LogP contribution in [0.3, 0.4) is 0 Å². The molecular formula is C19H18FN3O3. The van der Waals surface area contributed by atoms with Gasteiger partial charge in [0, 0.05) is 16.9 Å². The average Bonchev–Trinajstić information content (AvgIpc) is 2.62. The largest absolute Gasteiger partial charge is 0.496 e. The van der Waals surface area contributed by atoms with Crippen molar-refractivity contribution in [2.75, 3.05) is 12.4 Å². The molecule has 6 nitrogen and oxygen atoms in total. The number of halogens is 1. The van der Waals surface area contributed by atoms with Gasteiger partial charge in [0.15, 0.2) is 0 Å². The van der Waals surface area contributed by atoms with Crippen molar-refractivity contribution in [2.45, 2.75) is 13.0 Å². The van der Waals surface area contributed by atoms with Gasteiger partial charge in [0.1, 0.15) is 11.6 Å². The zero-order valence-electron chi connectivity index (χ0n) is 14.3. The third-order valence-corrected chi connectivity index (χ3v) is 4.07. The molecule has 0 spiro atoms. The first kappa shape index (κ1) is 17.5. The summed E-state index contributed by atoms with van der Waals surface area (Å²) in [6, 6.07) is 11.5. The van der Waals surface area contributed by atoms with E-state index in [-0.39, 0.29) is 0 Å².